The van der Waals surface area contributed by atoms with E-state index < -0.39 is 0 Å². The van der Waals surface area contributed by atoms with E-state index in [1.165, 1.54) is 0 Å². The molecule has 0 spiro atoms. The maximum Gasteiger partial charge on any atom is 0.658 e. The van der Waals surface area contributed by atoms with Gasteiger partial charge in [-0.1, -0.05) is 146 Å². The van der Waals surface area contributed by atoms with Crippen molar-refractivity contribution in [1.82, 2.24) is 0 Å². The van der Waals surface area contributed by atoms with Crippen LogP contribution >= 0.6 is 0 Å². The van der Waals surface area contributed by atoms with Crippen LogP contribution < -0.4 is 27.9 Å². The van der Waals surface area contributed by atoms with Crippen molar-refractivity contribution in [3.63, 3.8) is 0 Å². The number of fused-ring (bicyclic) bond motifs is 21. The van der Waals surface area contributed by atoms with Crippen LogP contribution in [0.25, 0.3) is 98.0 Å². The topological polar surface area (TPSA) is 177 Å². The van der Waals surface area contributed by atoms with E-state index in [1.807, 2.05) is 146 Å². The molecule has 0 amide bonds. The van der Waals surface area contributed by atoms with Gasteiger partial charge in [-0.3, -0.25) is 0 Å². The first-order valence-electron chi connectivity index (χ1n) is 33.1. The third-order valence-electron chi connectivity index (χ3n) is 18.4. The van der Waals surface area contributed by atoms with E-state index in [2.05, 4.69) is 39.5 Å². The minimum Gasteiger partial charge on any atom is -0.523 e. The van der Waals surface area contributed by atoms with Gasteiger partial charge in [-0.15, -0.1) is 39.5 Å². The van der Waals surface area contributed by atoms with E-state index in [0.717, 1.165) is 56.4 Å². The van der Waals surface area contributed by atoms with Crippen LogP contribution in [0.1, 0.15) is 71.9 Å². The second-order valence-electron chi connectivity index (χ2n) is 24.9. The van der Waals surface area contributed by atoms with E-state index >= 15 is 0 Å². The minimum absolute atomic E-state index is 0.127. The fourth-order valence-corrected chi connectivity index (χ4v) is 13.6. The molecule has 12 nitrogen and oxygen atoms in total. The number of benzene rings is 12. The first kappa shape index (κ1) is 66.1. The summed E-state index contributed by atoms with van der Waals surface area (Å²) in [5.41, 5.74) is 7.39. The molecule has 12 aromatic carbocycles. The first-order valence-corrected chi connectivity index (χ1v) is 33.1. The predicted molar refractivity (Wildman–Crippen MR) is 403 cm³/mol. The van der Waals surface area contributed by atoms with Crippen LogP contribution in [0.3, 0.4) is 0 Å². The Hall–Kier alpha value is -11.6. The van der Waals surface area contributed by atoms with Crippen LogP contribution in [-0.4, -0.2) is 53.7 Å². The molecule has 13 rings (SSSR count). The van der Waals surface area contributed by atoms with Gasteiger partial charge in [-0.05, 0) is 211 Å². The largest absolute Gasteiger partial charge is 0.658 e. The molecule has 0 aromatic heterocycles. The molecule has 1 heterocycles. The van der Waals surface area contributed by atoms with Crippen molar-refractivity contribution in [3.05, 3.63) is 255 Å². The summed E-state index contributed by atoms with van der Waals surface area (Å²) in [6.07, 6.45) is 19.2. The summed E-state index contributed by atoms with van der Waals surface area (Å²) in [6.45, 7) is 23.7. The SMILES string of the molecule is C=CCCc1ccc2c3c(c(O)cc2c1)O[B]Oc1c(O)cc2cc(CCC=C)ccc2c1-c1c(c(O)cc2cc(CCC=C)ccc12)O[B]Oc1c(O)cc2cc(CCC=C)ccc2c1-c1c(c(O)cc2cc(CCC=C)ccc12)O[B]Oc1c(O)cc2cc(CCC=C)ccc2c1-3. The quantitative estimate of drug-likeness (QED) is 0.0355. The second kappa shape index (κ2) is 29.0. The molecule has 6 N–H and O–H groups in total. The Morgan fingerprint density at radius 2 is 0.384 bits per heavy atom. The van der Waals surface area contributed by atoms with Gasteiger partial charge >= 0.3 is 23.1 Å². The van der Waals surface area contributed by atoms with Crippen LogP contribution in [0.15, 0.2) is 222 Å². The summed E-state index contributed by atoms with van der Waals surface area (Å²) in [4.78, 5) is 0. The van der Waals surface area contributed by atoms with Gasteiger partial charge in [-0.2, -0.15) is 0 Å². The molecular weight excluding hydrogens is 1230 g/mol. The Labute approximate surface area is 577 Å². The minimum atomic E-state index is -0.324. The molecule has 99 heavy (non-hydrogen) atoms. The fourth-order valence-electron chi connectivity index (χ4n) is 13.6. The summed E-state index contributed by atoms with van der Waals surface area (Å²) in [7, 11) is 3.03. The summed E-state index contributed by atoms with van der Waals surface area (Å²) in [5.74, 6) is -2.71. The molecule has 0 atom stereocenters. The maximum atomic E-state index is 12.7. The summed E-state index contributed by atoms with van der Waals surface area (Å²) in [6, 6.07) is 44.8. The van der Waals surface area contributed by atoms with Gasteiger partial charge in [0.05, 0.1) is 0 Å². The van der Waals surface area contributed by atoms with Gasteiger partial charge in [0.1, 0.15) is 0 Å². The smallest absolute Gasteiger partial charge is 0.523 e. The van der Waals surface area contributed by atoms with Gasteiger partial charge in [-0.25, -0.2) is 0 Å². The number of hydrogen-bond acceptors (Lipinski definition) is 12. The van der Waals surface area contributed by atoms with Crippen molar-refractivity contribution < 1.29 is 58.6 Å². The lowest BCUT2D eigenvalue weighted by molar-refractivity contribution is 0.397. The van der Waals surface area contributed by atoms with E-state index in [4.69, 9.17) is 27.9 Å². The van der Waals surface area contributed by atoms with Crippen LogP contribution in [-0.2, 0) is 38.5 Å². The molecule has 0 aliphatic carbocycles. The lowest BCUT2D eigenvalue weighted by atomic mass is 9.89. The molecule has 0 unspecified atom stereocenters. The van der Waals surface area contributed by atoms with Crippen molar-refractivity contribution in [2.24, 2.45) is 0 Å². The molecule has 12 aromatic rings. The maximum absolute atomic E-state index is 12.7. The van der Waals surface area contributed by atoms with E-state index in [9.17, 15) is 30.6 Å². The number of hydrogen-bond donors (Lipinski definition) is 6. The zero-order valence-corrected chi connectivity index (χ0v) is 54.9. The third-order valence-corrected chi connectivity index (χ3v) is 18.4. The number of phenolic OH excluding ortho intramolecular Hbond substituents is 6. The number of allylic oxidation sites excluding steroid dienone is 6. The van der Waals surface area contributed by atoms with Crippen LogP contribution in [0.2, 0.25) is 0 Å². The number of rotatable bonds is 18. The lowest BCUT2D eigenvalue weighted by Crippen LogP contribution is -2.14. The Morgan fingerprint density at radius 3 is 0.525 bits per heavy atom. The number of aryl methyl sites for hydroxylation is 6. The van der Waals surface area contributed by atoms with Gasteiger partial charge in [0.25, 0.3) is 0 Å². The third kappa shape index (κ3) is 13.2. The van der Waals surface area contributed by atoms with Gasteiger partial charge < -0.3 is 58.6 Å². The van der Waals surface area contributed by atoms with E-state index in [-0.39, 0.29) is 102 Å². The van der Waals surface area contributed by atoms with Crippen LogP contribution in [0.5, 0.6) is 69.0 Å². The molecule has 1 aliphatic rings. The van der Waals surface area contributed by atoms with Crippen LogP contribution in [0.4, 0.5) is 0 Å². The molecule has 0 saturated heterocycles. The Balaban J connectivity index is 1.13. The summed E-state index contributed by atoms with van der Waals surface area (Å²) >= 11 is 0. The number of phenols is 6. The standard InChI is InChI=1S/C84H72B3O12/c1-7-13-19-49-25-31-61-55(37-49)43-67(88)79-73(61)74-62-32-26-50(20-14-8-2)38-56(62)44-68(89)80(74)95-86-97-82-70(91)46-58-40-53(23-17-11-5)29-35-65(58)77(82)78-66-36-30-54(24-18-12-6)42-60(66)48-72(93)84(78)99-87-98-83-71(92)47-59-41-52(22-16-10-4)28-34-64(59)76(83)75-63-33-27-51(21-15-9-3)39-57(63)45-69(90)81(75)96-85-94-79/h7-12,25-48,88-93H,1-6,13-24H2. The van der Waals surface area contributed by atoms with Crippen molar-refractivity contribution in [2.45, 2.75) is 77.0 Å². The van der Waals surface area contributed by atoms with Crippen molar-refractivity contribution in [2.75, 3.05) is 0 Å². The summed E-state index contributed by atoms with van der Waals surface area (Å²) < 4.78 is 40.3. The highest BCUT2D eigenvalue weighted by atomic mass is 16.6. The van der Waals surface area contributed by atoms with Crippen molar-refractivity contribution in [1.29, 1.82) is 0 Å². The number of aromatic hydroxyl groups is 6. The molecule has 0 bridgehead atoms. The van der Waals surface area contributed by atoms with Gasteiger partial charge in [0.2, 0.25) is 0 Å². The average Bonchev–Trinajstić information content (AvgIpc) is 0.791. The average molecular weight is 1310 g/mol. The molecule has 3 radical (unpaired) electrons. The van der Waals surface area contributed by atoms with Gasteiger partial charge in [0.15, 0.2) is 69.0 Å². The molecule has 489 valence electrons. The van der Waals surface area contributed by atoms with Crippen molar-refractivity contribution in [3.8, 4) is 102 Å². The molecule has 0 saturated carbocycles. The molecular formula is C84H72B3O12. The van der Waals surface area contributed by atoms with Crippen LogP contribution in [0, 0.1) is 0 Å². The monoisotopic (exact) mass is 1310 g/mol. The normalized spacial score (nSPS) is 12.1. The van der Waals surface area contributed by atoms with Crippen molar-refractivity contribution >= 4 is 87.7 Å². The predicted octanol–water partition coefficient (Wildman–Crippen LogP) is 19.8. The second-order valence-corrected chi connectivity index (χ2v) is 24.9. The Morgan fingerprint density at radius 1 is 0.232 bits per heavy atom. The zero-order valence-electron chi connectivity index (χ0n) is 54.9. The molecule has 0 fully saturated rings. The summed E-state index contributed by atoms with van der Waals surface area (Å²) in [5, 5.41) is 83.2. The zero-order chi connectivity index (χ0) is 68.8. The van der Waals surface area contributed by atoms with E-state index in [1.54, 1.807) is 36.4 Å². The fraction of sp³-hybridized carbons (Fsp3) is 0.143. The van der Waals surface area contributed by atoms with E-state index in [0.29, 0.717) is 142 Å². The highest BCUT2D eigenvalue weighted by molar-refractivity contribution is 6.27. The Kier molecular flexibility index (Phi) is 19.4. The first-order chi connectivity index (χ1) is 48.3. The Bertz CT molecular complexity index is 4410. The lowest BCUT2D eigenvalue weighted by Gasteiger charge is -2.23. The molecule has 1 aliphatic heterocycles. The highest BCUT2D eigenvalue weighted by Crippen LogP contribution is 2.57. The molecule has 15 heteroatoms. The highest BCUT2D eigenvalue weighted by Gasteiger charge is 2.32. The van der Waals surface area contributed by atoms with Gasteiger partial charge in [0, 0.05) is 33.4 Å².